The fraction of sp³-hybridized carbons (Fsp3) is 0.143. The van der Waals surface area contributed by atoms with Gasteiger partial charge < -0.3 is 10.5 Å². The largest absolute Gasteiger partial charge is 0.454 e. The summed E-state index contributed by atoms with van der Waals surface area (Å²) in [5, 5.41) is 10.5. The van der Waals surface area contributed by atoms with Crippen LogP contribution in [-0.4, -0.2) is 4.92 Å². The van der Waals surface area contributed by atoms with Crippen molar-refractivity contribution in [3.8, 4) is 11.5 Å². The second-order valence-corrected chi connectivity index (χ2v) is 4.41. The van der Waals surface area contributed by atoms with Gasteiger partial charge in [0.1, 0.15) is 11.6 Å². The minimum Gasteiger partial charge on any atom is -0.454 e. The molecule has 1 atom stereocenters. The Morgan fingerprint density at radius 3 is 2.48 bits per heavy atom. The topological polar surface area (TPSA) is 78.4 Å². The molecule has 0 unspecified atom stereocenters. The molecule has 2 rings (SSSR count). The van der Waals surface area contributed by atoms with Crippen molar-refractivity contribution < 1.29 is 18.4 Å². The third kappa shape index (κ3) is 3.14. The number of benzene rings is 2. The normalized spacial score (nSPS) is 12.0. The average molecular weight is 294 g/mol. The van der Waals surface area contributed by atoms with Gasteiger partial charge in [-0.05, 0) is 25.1 Å². The SMILES string of the molecule is C[C@H](N)c1c(F)cccc1Oc1ccc([N+](=O)[O-])cc1F. The van der Waals surface area contributed by atoms with E-state index in [2.05, 4.69) is 0 Å². The number of rotatable bonds is 4. The first-order valence-electron chi connectivity index (χ1n) is 6.06. The first-order valence-corrected chi connectivity index (χ1v) is 6.06. The van der Waals surface area contributed by atoms with Crippen molar-refractivity contribution in [2.75, 3.05) is 0 Å². The van der Waals surface area contributed by atoms with Gasteiger partial charge in [0.15, 0.2) is 11.6 Å². The molecular weight excluding hydrogens is 282 g/mol. The molecule has 0 saturated heterocycles. The lowest BCUT2D eigenvalue weighted by atomic mass is 10.1. The van der Waals surface area contributed by atoms with Crippen molar-refractivity contribution in [1.29, 1.82) is 0 Å². The van der Waals surface area contributed by atoms with Gasteiger partial charge >= 0.3 is 0 Å². The van der Waals surface area contributed by atoms with Crippen LogP contribution in [0.4, 0.5) is 14.5 Å². The zero-order valence-corrected chi connectivity index (χ0v) is 11.0. The summed E-state index contributed by atoms with van der Waals surface area (Å²) in [6.07, 6.45) is 0. The Morgan fingerprint density at radius 1 is 1.19 bits per heavy atom. The number of nitrogens with zero attached hydrogens (tertiary/aromatic N) is 1. The predicted molar refractivity (Wildman–Crippen MR) is 72.1 cm³/mol. The maximum Gasteiger partial charge on any atom is 0.272 e. The number of nitrogens with two attached hydrogens (primary N) is 1. The fourth-order valence-corrected chi connectivity index (χ4v) is 1.85. The Bertz CT molecular complexity index is 690. The Labute approximate surface area is 119 Å². The van der Waals surface area contributed by atoms with Gasteiger partial charge in [-0.1, -0.05) is 6.07 Å². The molecule has 0 radical (unpaired) electrons. The summed E-state index contributed by atoms with van der Waals surface area (Å²) in [6.45, 7) is 1.57. The van der Waals surface area contributed by atoms with Crippen LogP contribution in [0.5, 0.6) is 11.5 Å². The molecule has 2 N–H and O–H groups in total. The van der Waals surface area contributed by atoms with E-state index < -0.39 is 28.3 Å². The number of nitro benzene ring substituents is 1. The zero-order valence-electron chi connectivity index (χ0n) is 11.0. The van der Waals surface area contributed by atoms with Crippen LogP contribution in [0.15, 0.2) is 36.4 Å². The molecule has 0 heterocycles. The van der Waals surface area contributed by atoms with Gasteiger partial charge in [-0.2, -0.15) is 0 Å². The molecule has 7 heteroatoms. The highest BCUT2D eigenvalue weighted by Crippen LogP contribution is 2.33. The number of hydrogen-bond acceptors (Lipinski definition) is 4. The summed E-state index contributed by atoms with van der Waals surface area (Å²) >= 11 is 0. The smallest absolute Gasteiger partial charge is 0.272 e. The maximum absolute atomic E-state index is 13.8. The first-order chi connectivity index (χ1) is 9.90. The monoisotopic (exact) mass is 294 g/mol. The standard InChI is InChI=1S/C14H12F2N2O3/c1-8(17)14-10(15)3-2-4-13(14)21-12-6-5-9(18(19)20)7-11(12)16/h2-8H,17H2,1H3/t8-/m0/s1. The summed E-state index contributed by atoms with van der Waals surface area (Å²) < 4.78 is 32.8. The molecule has 0 fully saturated rings. The minimum absolute atomic E-state index is 0.0674. The van der Waals surface area contributed by atoms with Crippen molar-refractivity contribution in [3.05, 3.63) is 63.7 Å². The van der Waals surface area contributed by atoms with Crippen molar-refractivity contribution in [1.82, 2.24) is 0 Å². The van der Waals surface area contributed by atoms with Crippen LogP contribution in [0.1, 0.15) is 18.5 Å². The molecule has 0 aliphatic heterocycles. The van der Waals surface area contributed by atoms with E-state index in [4.69, 9.17) is 10.5 Å². The van der Waals surface area contributed by atoms with Crippen molar-refractivity contribution in [3.63, 3.8) is 0 Å². The van der Waals surface area contributed by atoms with Crippen molar-refractivity contribution in [2.24, 2.45) is 5.73 Å². The summed E-state index contributed by atoms with van der Waals surface area (Å²) in [4.78, 5) is 9.82. The summed E-state index contributed by atoms with van der Waals surface area (Å²) in [5.74, 6) is -1.65. The average Bonchev–Trinajstić information content (AvgIpc) is 2.40. The Kier molecular flexibility index (Phi) is 4.13. The van der Waals surface area contributed by atoms with Crippen LogP contribution in [0.3, 0.4) is 0 Å². The summed E-state index contributed by atoms with van der Waals surface area (Å²) in [7, 11) is 0. The van der Waals surface area contributed by atoms with Gasteiger partial charge in [0.25, 0.3) is 5.69 Å². The highest BCUT2D eigenvalue weighted by Gasteiger charge is 2.17. The molecule has 2 aromatic carbocycles. The van der Waals surface area contributed by atoms with Crippen molar-refractivity contribution >= 4 is 5.69 Å². The van der Waals surface area contributed by atoms with Crippen LogP contribution in [0, 0.1) is 21.7 Å². The summed E-state index contributed by atoms with van der Waals surface area (Å²) in [6, 6.07) is 6.37. The van der Waals surface area contributed by atoms with E-state index in [1.54, 1.807) is 6.92 Å². The van der Waals surface area contributed by atoms with Crippen LogP contribution >= 0.6 is 0 Å². The van der Waals surface area contributed by atoms with E-state index in [0.29, 0.717) is 0 Å². The molecular formula is C14H12F2N2O3. The molecule has 0 spiro atoms. The van der Waals surface area contributed by atoms with E-state index in [1.807, 2.05) is 0 Å². The van der Waals surface area contributed by atoms with Crippen LogP contribution < -0.4 is 10.5 Å². The molecule has 0 saturated carbocycles. The molecule has 5 nitrogen and oxygen atoms in total. The maximum atomic E-state index is 13.8. The lowest BCUT2D eigenvalue weighted by molar-refractivity contribution is -0.385. The van der Waals surface area contributed by atoms with Crippen molar-refractivity contribution in [2.45, 2.75) is 13.0 Å². The van der Waals surface area contributed by atoms with Crippen LogP contribution in [-0.2, 0) is 0 Å². The van der Waals surface area contributed by atoms with E-state index in [9.17, 15) is 18.9 Å². The third-order valence-electron chi connectivity index (χ3n) is 2.81. The van der Waals surface area contributed by atoms with E-state index in [1.165, 1.54) is 18.2 Å². The Hall–Kier alpha value is -2.54. The van der Waals surface area contributed by atoms with Gasteiger partial charge in [0.05, 0.1) is 11.0 Å². The highest BCUT2D eigenvalue weighted by molar-refractivity contribution is 5.43. The molecule has 2 aromatic rings. The lowest BCUT2D eigenvalue weighted by Gasteiger charge is -2.14. The lowest BCUT2D eigenvalue weighted by Crippen LogP contribution is -2.09. The van der Waals surface area contributed by atoms with Gasteiger partial charge in [0, 0.05) is 17.7 Å². The predicted octanol–water partition coefficient (Wildman–Crippen LogP) is 3.69. The zero-order chi connectivity index (χ0) is 15.6. The van der Waals surface area contributed by atoms with Crippen LogP contribution in [0.25, 0.3) is 0 Å². The molecule has 0 aromatic heterocycles. The molecule has 110 valence electrons. The first kappa shape index (κ1) is 14.9. The van der Waals surface area contributed by atoms with Gasteiger partial charge in [-0.25, -0.2) is 8.78 Å². The van der Waals surface area contributed by atoms with Gasteiger partial charge in [-0.15, -0.1) is 0 Å². The van der Waals surface area contributed by atoms with E-state index in [-0.39, 0.29) is 17.1 Å². The minimum atomic E-state index is -0.913. The molecule has 0 bridgehead atoms. The quantitative estimate of drug-likeness (QED) is 0.689. The fourth-order valence-electron chi connectivity index (χ4n) is 1.85. The van der Waals surface area contributed by atoms with Crippen LogP contribution in [0.2, 0.25) is 0 Å². The molecule has 0 amide bonds. The molecule has 0 aliphatic carbocycles. The number of nitro groups is 1. The molecule has 0 aliphatic rings. The van der Waals surface area contributed by atoms with Gasteiger partial charge in [0.2, 0.25) is 0 Å². The highest BCUT2D eigenvalue weighted by atomic mass is 19.1. The number of non-ortho nitro benzene ring substituents is 1. The number of halogens is 2. The Balaban J connectivity index is 2.39. The second kappa shape index (κ2) is 5.84. The Morgan fingerprint density at radius 2 is 1.90 bits per heavy atom. The number of hydrogen-bond donors (Lipinski definition) is 1. The summed E-state index contributed by atoms with van der Waals surface area (Å²) in [5.41, 5.74) is 5.38. The van der Waals surface area contributed by atoms with E-state index >= 15 is 0 Å². The van der Waals surface area contributed by atoms with E-state index in [0.717, 1.165) is 18.2 Å². The molecule has 21 heavy (non-hydrogen) atoms. The second-order valence-electron chi connectivity index (χ2n) is 4.41. The van der Waals surface area contributed by atoms with Gasteiger partial charge in [-0.3, -0.25) is 10.1 Å². The number of ether oxygens (including phenoxy) is 1. The third-order valence-corrected chi connectivity index (χ3v) is 2.81.